The number of carbonyl (C=O) groups is 2. The zero-order valence-electron chi connectivity index (χ0n) is 17.5. The van der Waals surface area contributed by atoms with Gasteiger partial charge >= 0.3 is 0 Å². The SMILES string of the molecule is CN(C)CCCN1C(=O)C(NC(=O)c2ccccc2)Cc2c1ccc1ccccc21. The van der Waals surface area contributed by atoms with Crippen LogP contribution >= 0.6 is 0 Å². The Morgan fingerprint density at radius 2 is 1.77 bits per heavy atom. The van der Waals surface area contributed by atoms with Crippen molar-refractivity contribution in [3.05, 3.63) is 77.9 Å². The van der Waals surface area contributed by atoms with E-state index in [-0.39, 0.29) is 11.8 Å². The van der Waals surface area contributed by atoms with Crippen LogP contribution in [0.1, 0.15) is 22.3 Å². The molecule has 1 heterocycles. The molecule has 30 heavy (non-hydrogen) atoms. The lowest BCUT2D eigenvalue weighted by Gasteiger charge is -2.35. The van der Waals surface area contributed by atoms with Gasteiger partial charge in [-0.2, -0.15) is 0 Å². The molecule has 0 saturated carbocycles. The first-order chi connectivity index (χ1) is 14.5. The Bertz CT molecular complexity index is 1060. The summed E-state index contributed by atoms with van der Waals surface area (Å²) in [6.07, 6.45) is 1.36. The molecule has 3 aromatic rings. The van der Waals surface area contributed by atoms with Gasteiger partial charge in [0.15, 0.2) is 0 Å². The van der Waals surface area contributed by atoms with Gasteiger partial charge in [0.25, 0.3) is 5.91 Å². The Labute approximate surface area is 177 Å². The van der Waals surface area contributed by atoms with Crippen molar-refractivity contribution in [2.24, 2.45) is 0 Å². The quantitative estimate of drug-likeness (QED) is 0.688. The fourth-order valence-corrected chi connectivity index (χ4v) is 4.11. The summed E-state index contributed by atoms with van der Waals surface area (Å²) in [5.41, 5.74) is 2.65. The smallest absolute Gasteiger partial charge is 0.251 e. The lowest BCUT2D eigenvalue weighted by Crippen LogP contribution is -2.53. The molecule has 1 aliphatic heterocycles. The van der Waals surface area contributed by atoms with E-state index in [9.17, 15) is 9.59 Å². The molecule has 5 heteroatoms. The zero-order valence-corrected chi connectivity index (χ0v) is 17.5. The van der Waals surface area contributed by atoms with Crippen molar-refractivity contribution in [3.63, 3.8) is 0 Å². The Morgan fingerprint density at radius 3 is 2.53 bits per heavy atom. The van der Waals surface area contributed by atoms with Crippen LogP contribution in [0.4, 0.5) is 5.69 Å². The molecule has 0 bridgehead atoms. The average Bonchev–Trinajstić information content (AvgIpc) is 2.76. The molecular formula is C25H27N3O2. The van der Waals surface area contributed by atoms with Crippen molar-refractivity contribution >= 4 is 28.3 Å². The second-order valence-electron chi connectivity index (χ2n) is 8.03. The van der Waals surface area contributed by atoms with Crippen molar-refractivity contribution in [2.75, 3.05) is 32.1 Å². The van der Waals surface area contributed by atoms with Crippen LogP contribution in [0.15, 0.2) is 66.7 Å². The molecule has 0 aromatic heterocycles. The molecule has 1 atom stereocenters. The standard InChI is InChI=1S/C25H27N3O2/c1-27(2)15-8-16-28-23-14-13-18-9-6-7-12-20(18)21(23)17-22(25(28)30)26-24(29)19-10-4-3-5-11-19/h3-7,9-14,22H,8,15-17H2,1-2H3,(H,26,29). The van der Waals surface area contributed by atoms with Crippen LogP contribution in [0.3, 0.4) is 0 Å². The summed E-state index contributed by atoms with van der Waals surface area (Å²) in [4.78, 5) is 30.1. The van der Waals surface area contributed by atoms with Gasteiger partial charge in [0.05, 0.1) is 0 Å². The molecule has 0 fully saturated rings. The first-order valence-electron chi connectivity index (χ1n) is 10.4. The van der Waals surface area contributed by atoms with E-state index in [1.807, 2.05) is 55.4 Å². The number of hydrogen-bond acceptors (Lipinski definition) is 3. The lowest BCUT2D eigenvalue weighted by molar-refractivity contribution is -0.120. The molecule has 4 rings (SSSR count). The zero-order chi connectivity index (χ0) is 21.1. The molecule has 0 aliphatic carbocycles. The number of rotatable bonds is 6. The molecule has 2 amide bonds. The van der Waals surface area contributed by atoms with Crippen LogP contribution in [0.2, 0.25) is 0 Å². The molecular weight excluding hydrogens is 374 g/mol. The Morgan fingerprint density at radius 1 is 1.03 bits per heavy atom. The van der Waals surface area contributed by atoms with Crippen molar-refractivity contribution in [3.8, 4) is 0 Å². The van der Waals surface area contributed by atoms with Gasteiger partial charge in [-0.1, -0.05) is 48.5 Å². The summed E-state index contributed by atoms with van der Waals surface area (Å²) in [5, 5.41) is 5.26. The number of anilines is 1. The summed E-state index contributed by atoms with van der Waals surface area (Å²) in [6.45, 7) is 1.52. The highest BCUT2D eigenvalue weighted by Crippen LogP contribution is 2.34. The predicted molar refractivity (Wildman–Crippen MR) is 121 cm³/mol. The molecule has 1 aliphatic rings. The van der Waals surface area contributed by atoms with E-state index in [1.165, 1.54) is 0 Å². The number of amides is 2. The average molecular weight is 402 g/mol. The fourth-order valence-electron chi connectivity index (χ4n) is 4.11. The molecule has 0 spiro atoms. The molecule has 154 valence electrons. The van der Waals surface area contributed by atoms with E-state index in [2.05, 4.69) is 28.4 Å². The lowest BCUT2D eigenvalue weighted by atomic mass is 9.91. The van der Waals surface area contributed by atoms with Crippen molar-refractivity contribution in [1.82, 2.24) is 10.2 Å². The first-order valence-corrected chi connectivity index (χ1v) is 10.4. The van der Waals surface area contributed by atoms with Crippen LogP contribution in [-0.4, -0.2) is 49.9 Å². The minimum atomic E-state index is -0.574. The molecule has 5 nitrogen and oxygen atoms in total. The highest BCUT2D eigenvalue weighted by molar-refractivity contribution is 6.07. The Balaban J connectivity index is 1.67. The maximum Gasteiger partial charge on any atom is 0.251 e. The second-order valence-corrected chi connectivity index (χ2v) is 8.03. The maximum atomic E-state index is 13.4. The van der Waals surface area contributed by atoms with Gasteiger partial charge in [-0.25, -0.2) is 0 Å². The largest absolute Gasteiger partial charge is 0.340 e. The molecule has 0 saturated heterocycles. The summed E-state index contributed by atoms with van der Waals surface area (Å²) in [6, 6.07) is 20.8. The third kappa shape index (κ3) is 4.07. The molecule has 1 unspecified atom stereocenters. The Kier molecular flexibility index (Phi) is 5.81. The van der Waals surface area contributed by atoms with Gasteiger partial charge in [-0.3, -0.25) is 9.59 Å². The summed E-state index contributed by atoms with van der Waals surface area (Å²) in [7, 11) is 4.06. The van der Waals surface area contributed by atoms with Gasteiger partial charge in [-0.05, 0) is 61.6 Å². The predicted octanol–water partition coefficient (Wildman–Crippen LogP) is 3.48. The Hall–Kier alpha value is -3.18. The van der Waals surface area contributed by atoms with Gasteiger partial charge in [0.1, 0.15) is 6.04 Å². The van der Waals surface area contributed by atoms with Crippen molar-refractivity contribution in [2.45, 2.75) is 18.9 Å². The van der Waals surface area contributed by atoms with E-state index in [1.54, 1.807) is 12.1 Å². The number of benzene rings is 3. The minimum Gasteiger partial charge on any atom is -0.340 e. The second kappa shape index (κ2) is 8.67. The number of nitrogens with one attached hydrogen (secondary N) is 1. The third-order valence-corrected chi connectivity index (χ3v) is 5.61. The highest BCUT2D eigenvalue weighted by atomic mass is 16.2. The third-order valence-electron chi connectivity index (χ3n) is 5.61. The normalized spacial score (nSPS) is 16.0. The fraction of sp³-hybridized carbons (Fsp3) is 0.280. The van der Waals surface area contributed by atoms with Crippen LogP contribution in [0.25, 0.3) is 10.8 Å². The highest BCUT2D eigenvalue weighted by Gasteiger charge is 2.34. The summed E-state index contributed by atoms with van der Waals surface area (Å²) in [5.74, 6) is -0.258. The summed E-state index contributed by atoms with van der Waals surface area (Å²) < 4.78 is 0. The molecule has 3 aromatic carbocycles. The monoisotopic (exact) mass is 401 g/mol. The number of carbonyl (C=O) groups excluding carboxylic acids is 2. The van der Waals surface area contributed by atoms with E-state index >= 15 is 0 Å². The van der Waals surface area contributed by atoms with E-state index in [0.717, 1.165) is 35.0 Å². The minimum absolute atomic E-state index is 0.0409. The number of hydrogen-bond donors (Lipinski definition) is 1. The van der Waals surface area contributed by atoms with Crippen LogP contribution in [0, 0.1) is 0 Å². The van der Waals surface area contributed by atoms with Crippen LogP contribution < -0.4 is 10.2 Å². The summed E-state index contributed by atoms with van der Waals surface area (Å²) >= 11 is 0. The van der Waals surface area contributed by atoms with E-state index < -0.39 is 6.04 Å². The van der Waals surface area contributed by atoms with Gasteiger partial charge < -0.3 is 15.1 Å². The van der Waals surface area contributed by atoms with E-state index in [0.29, 0.717) is 18.5 Å². The topological polar surface area (TPSA) is 52.6 Å². The van der Waals surface area contributed by atoms with Gasteiger partial charge in [0.2, 0.25) is 5.91 Å². The molecule has 0 radical (unpaired) electrons. The van der Waals surface area contributed by atoms with Gasteiger partial charge in [-0.15, -0.1) is 0 Å². The van der Waals surface area contributed by atoms with Crippen LogP contribution in [0.5, 0.6) is 0 Å². The maximum absolute atomic E-state index is 13.4. The van der Waals surface area contributed by atoms with Crippen LogP contribution in [-0.2, 0) is 11.2 Å². The number of nitrogens with zero attached hydrogens (tertiary/aromatic N) is 2. The number of fused-ring (bicyclic) bond motifs is 3. The first kappa shape index (κ1) is 20.1. The van der Waals surface area contributed by atoms with Gasteiger partial charge in [0, 0.05) is 24.2 Å². The molecule has 1 N–H and O–H groups in total. The van der Waals surface area contributed by atoms with Crippen molar-refractivity contribution in [1.29, 1.82) is 0 Å². The van der Waals surface area contributed by atoms with Crippen molar-refractivity contribution < 1.29 is 9.59 Å². The van der Waals surface area contributed by atoms with E-state index in [4.69, 9.17) is 0 Å².